The van der Waals surface area contributed by atoms with Gasteiger partial charge in [0.1, 0.15) is 17.0 Å². The summed E-state index contributed by atoms with van der Waals surface area (Å²) in [6.45, 7) is 6.32. The SMILES string of the molecule is CC[C@H](C)c1ccc2oc(-c3ccc(NC(=S)NC(=O)/C=C/c4ccc(-c5ccc(C)c(Cl)c5)o4)cc3)nc2c1. The lowest BCUT2D eigenvalue weighted by Gasteiger charge is -2.08. The highest BCUT2D eigenvalue weighted by Crippen LogP contribution is 2.29. The zero-order chi connectivity index (χ0) is 28.2. The van der Waals surface area contributed by atoms with E-state index in [0.717, 1.165) is 39.9 Å². The average Bonchev–Trinajstić information content (AvgIpc) is 3.60. The van der Waals surface area contributed by atoms with Crippen LogP contribution in [-0.2, 0) is 4.79 Å². The highest BCUT2D eigenvalue weighted by atomic mass is 35.5. The zero-order valence-electron chi connectivity index (χ0n) is 22.3. The lowest BCUT2D eigenvalue weighted by atomic mass is 9.98. The molecular formula is C32H28ClN3O3S. The van der Waals surface area contributed by atoms with Crippen molar-refractivity contribution < 1.29 is 13.6 Å². The Labute approximate surface area is 243 Å². The molecule has 5 aromatic rings. The minimum atomic E-state index is -0.381. The van der Waals surface area contributed by atoms with Crippen LogP contribution in [0, 0.1) is 6.92 Å². The van der Waals surface area contributed by atoms with Gasteiger partial charge in [0.2, 0.25) is 11.8 Å². The summed E-state index contributed by atoms with van der Waals surface area (Å²) in [6.07, 6.45) is 4.01. The normalized spacial score (nSPS) is 12.1. The number of hydrogen-bond donors (Lipinski definition) is 2. The number of hydrogen-bond acceptors (Lipinski definition) is 5. The van der Waals surface area contributed by atoms with Gasteiger partial charge < -0.3 is 14.2 Å². The number of rotatable bonds is 7. The van der Waals surface area contributed by atoms with E-state index in [1.807, 2.05) is 61.5 Å². The largest absolute Gasteiger partial charge is 0.457 e. The maximum absolute atomic E-state index is 12.4. The van der Waals surface area contributed by atoms with Crippen LogP contribution < -0.4 is 10.6 Å². The standard InChI is InChI=1S/C32H28ClN3O3S/c1-4-19(2)22-9-14-29-27(18-22)35-31(39-29)21-7-10-24(11-8-21)34-32(40)36-30(37)16-13-25-12-15-28(38-25)23-6-5-20(3)26(33)17-23/h5-19H,4H2,1-3H3,(H2,34,36,37,40)/b16-13+/t19-/m0/s1. The number of carbonyl (C=O) groups is 1. The number of nitrogens with one attached hydrogen (secondary N) is 2. The van der Waals surface area contributed by atoms with Crippen LogP contribution in [0.25, 0.3) is 40.0 Å². The third-order valence-corrected chi connectivity index (χ3v) is 7.31. The smallest absolute Gasteiger partial charge is 0.250 e. The fourth-order valence-electron chi connectivity index (χ4n) is 4.12. The van der Waals surface area contributed by atoms with Crippen molar-refractivity contribution in [2.24, 2.45) is 0 Å². The summed E-state index contributed by atoms with van der Waals surface area (Å²) >= 11 is 11.5. The molecule has 202 valence electrons. The number of aromatic nitrogens is 1. The Hall–Kier alpha value is -4.20. The van der Waals surface area contributed by atoms with E-state index in [1.165, 1.54) is 11.6 Å². The third kappa shape index (κ3) is 6.33. The minimum absolute atomic E-state index is 0.177. The van der Waals surface area contributed by atoms with E-state index in [0.29, 0.717) is 28.4 Å². The van der Waals surface area contributed by atoms with Crippen LogP contribution in [0.1, 0.15) is 43.1 Å². The average molecular weight is 570 g/mol. The summed E-state index contributed by atoms with van der Waals surface area (Å²) in [6, 6.07) is 23.0. The van der Waals surface area contributed by atoms with E-state index in [1.54, 1.807) is 12.1 Å². The Morgan fingerprint density at radius 2 is 1.80 bits per heavy atom. The van der Waals surface area contributed by atoms with Gasteiger partial charge in [0.15, 0.2) is 10.7 Å². The number of nitrogens with zero attached hydrogens (tertiary/aromatic N) is 1. The van der Waals surface area contributed by atoms with Crippen molar-refractivity contribution in [2.45, 2.75) is 33.1 Å². The second-order valence-electron chi connectivity index (χ2n) is 9.58. The van der Waals surface area contributed by atoms with Crippen LogP contribution in [0.5, 0.6) is 0 Å². The van der Waals surface area contributed by atoms with E-state index in [2.05, 4.69) is 41.6 Å². The summed E-state index contributed by atoms with van der Waals surface area (Å²) in [5.41, 5.74) is 6.28. The van der Waals surface area contributed by atoms with Crippen LogP contribution in [-0.4, -0.2) is 16.0 Å². The summed E-state index contributed by atoms with van der Waals surface area (Å²) in [4.78, 5) is 17.1. The molecule has 0 radical (unpaired) electrons. The van der Waals surface area contributed by atoms with Crippen molar-refractivity contribution in [3.8, 4) is 22.8 Å². The number of anilines is 1. The van der Waals surface area contributed by atoms with Crippen LogP contribution in [0.4, 0.5) is 5.69 Å². The van der Waals surface area contributed by atoms with Crippen LogP contribution in [0.15, 0.2) is 87.7 Å². The lowest BCUT2D eigenvalue weighted by Crippen LogP contribution is -2.32. The fourth-order valence-corrected chi connectivity index (χ4v) is 4.52. The Kier molecular flexibility index (Phi) is 8.14. The van der Waals surface area contributed by atoms with E-state index < -0.39 is 0 Å². The van der Waals surface area contributed by atoms with Crippen molar-refractivity contribution in [3.05, 3.63) is 101 Å². The molecule has 2 N–H and O–H groups in total. The van der Waals surface area contributed by atoms with E-state index in [9.17, 15) is 4.79 Å². The number of oxazole rings is 1. The Morgan fingerprint density at radius 3 is 2.55 bits per heavy atom. The number of thiocarbonyl (C=S) groups is 1. The van der Waals surface area contributed by atoms with Crippen molar-refractivity contribution in [1.29, 1.82) is 0 Å². The molecule has 2 heterocycles. The predicted molar refractivity (Wildman–Crippen MR) is 165 cm³/mol. The van der Waals surface area contributed by atoms with Crippen molar-refractivity contribution >= 4 is 57.7 Å². The van der Waals surface area contributed by atoms with Gasteiger partial charge in [0.05, 0.1) is 0 Å². The molecule has 2 aromatic heterocycles. The molecule has 0 aliphatic rings. The number of furan rings is 1. The first-order chi connectivity index (χ1) is 19.3. The third-order valence-electron chi connectivity index (χ3n) is 6.70. The molecule has 6 nitrogen and oxygen atoms in total. The first-order valence-electron chi connectivity index (χ1n) is 13.0. The zero-order valence-corrected chi connectivity index (χ0v) is 23.9. The summed E-state index contributed by atoms with van der Waals surface area (Å²) < 4.78 is 11.8. The quantitative estimate of drug-likeness (QED) is 0.151. The molecule has 8 heteroatoms. The van der Waals surface area contributed by atoms with E-state index in [4.69, 9.17) is 32.7 Å². The number of carbonyl (C=O) groups excluding carboxylic acids is 1. The van der Waals surface area contributed by atoms with Gasteiger partial charge in [-0.1, -0.05) is 43.6 Å². The lowest BCUT2D eigenvalue weighted by molar-refractivity contribution is -0.115. The highest BCUT2D eigenvalue weighted by molar-refractivity contribution is 7.80. The van der Waals surface area contributed by atoms with Gasteiger partial charge >= 0.3 is 0 Å². The molecular weight excluding hydrogens is 542 g/mol. The molecule has 3 aromatic carbocycles. The molecule has 1 atom stereocenters. The summed E-state index contributed by atoms with van der Waals surface area (Å²) in [5.74, 6) is 1.84. The second kappa shape index (κ2) is 11.9. The van der Waals surface area contributed by atoms with Crippen LogP contribution in [0.2, 0.25) is 5.02 Å². The predicted octanol–water partition coefficient (Wildman–Crippen LogP) is 8.76. The number of fused-ring (bicyclic) bond motifs is 1. The first kappa shape index (κ1) is 27.4. The van der Waals surface area contributed by atoms with Gasteiger partial charge in [-0.3, -0.25) is 10.1 Å². The van der Waals surface area contributed by atoms with Crippen molar-refractivity contribution in [1.82, 2.24) is 10.3 Å². The number of benzene rings is 3. The van der Waals surface area contributed by atoms with E-state index in [-0.39, 0.29) is 11.0 Å². The molecule has 0 aliphatic carbocycles. The maximum atomic E-state index is 12.4. The van der Waals surface area contributed by atoms with Gasteiger partial charge in [-0.25, -0.2) is 4.98 Å². The molecule has 0 saturated carbocycles. The molecule has 0 spiro atoms. The summed E-state index contributed by atoms with van der Waals surface area (Å²) in [5, 5.41) is 6.50. The maximum Gasteiger partial charge on any atom is 0.250 e. The van der Waals surface area contributed by atoms with Crippen molar-refractivity contribution in [3.63, 3.8) is 0 Å². The topological polar surface area (TPSA) is 80.3 Å². The van der Waals surface area contributed by atoms with Gasteiger partial charge in [-0.2, -0.15) is 0 Å². The Balaban J connectivity index is 1.17. The molecule has 0 unspecified atom stereocenters. The van der Waals surface area contributed by atoms with Gasteiger partial charge in [0, 0.05) is 27.9 Å². The van der Waals surface area contributed by atoms with Crippen molar-refractivity contribution in [2.75, 3.05) is 5.32 Å². The van der Waals surface area contributed by atoms with Gasteiger partial charge in [-0.05, 0) is 103 Å². The highest BCUT2D eigenvalue weighted by Gasteiger charge is 2.12. The molecule has 0 fully saturated rings. The monoisotopic (exact) mass is 569 g/mol. The first-order valence-corrected chi connectivity index (χ1v) is 13.7. The second-order valence-corrected chi connectivity index (χ2v) is 10.4. The minimum Gasteiger partial charge on any atom is -0.457 e. The Morgan fingerprint density at radius 1 is 1.02 bits per heavy atom. The van der Waals surface area contributed by atoms with Gasteiger partial charge in [0.25, 0.3) is 0 Å². The molecule has 1 amide bonds. The number of amides is 1. The molecule has 0 aliphatic heterocycles. The molecule has 0 bridgehead atoms. The van der Waals surface area contributed by atoms with Crippen LogP contribution >= 0.6 is 23.8 Å². The van der Waals surface area contributed by atoms with Gasteiger partial charge in [-0.15, -0.1) is 0 Å². The number of aryl methyl sites for hydroxylation is 1. The molecule has 5 rings (SSSR count). The van der Waals surface area contributed by atoms with Crippen LogP contribution in [0.3, 0.4) is 0 Å². The fraction of sp³-hybridized carbons (Fsp3) is 0.156. The molecule has 40 heavy (non-hydrogen) atoms. The number of halogens is 1. The molecule has 0 saturated heterocycles. The summed E-state index contributed by atoms with van der Waals surface area (Å²) in [7, 11) is 0. The Bertz CT molecular complexity index is 1720. The van der Waals surface area contributed by atoms with E-state index >= 15 is 0 Å².